The van der Waals surface area contributed by atoms with E-state index in [2.05, 4.69) is 17.3 Å². The molecule has 1 N–H and O–H groups in total. The zero-order valence-electron chi connectivity index (χ0n) is 16.9. The van der Waals surface area contributed by atoms with Crippen molar-refractivity contribution < 1.29 is 19.1 Å². The average molecular weight is 371 g/mol. The van der Waals surface area contributed by atoms with Gasteiger partial charge in [0.1, 0.15) is 0 Å². The molecular formula is C20H38N2O4. The van der Waals surface area contributed by atoms with Crippen LogP contribution in [-0.2, 0) is 19.1 Å². The number of rotatable bonds is 13. The van der Waals surface area contributed by atoms with Crippen LogP contribution in [0.5, 0.6) is 0 Å². The van der Waals surface area contributed by atoms with Gasteiger partial charge in [0.05, 0.1) is 14.2 Å². The fourth-order valence-electron chi connectivity index (χ4n) is 3.47. The maximum absolute atomic E-state index is 11.2. The number of likely N-dealkylation sites (tertiary alicyclic amines) is 1. The van der Waals surface area contributed by atoms with Crippen LogP contribution in [0.2, 0.25) is 0 Å². The zero-order valence-corrected chi connectivity index (χ0v) is 16.9. The van der Waals surface area contributed by atoms with Gasteiger partial charge < -0.3 is 19.7 Å². The molecule has 0 saturated carbocycles. The third kappa shape index (κ3) is 10.8. The summed E-state index contributed by atoms with van der Waals surface area (Å²) in [7, 11) is 5.07. The summed E-state index contributed by atoms with van der Waals surface area (Å²) >= 11 is 0. The topological polar surface area (TPSA) is 67.9 Å². The highest BCUT2D eigenvalue weighted by molar-refractivity contribution is 5.69. The number of methoxy groups -OCH3 is 2. The molecule has 6 nitrogen and oxygen atoms in total. The van der Waals surface area contributed by atoms with Crippen LogP contribution in [0, 0.1) is 5.92 Å². The normalized spacial score (nSPS) is 16.0. The lowest BCUT2D eigenvalue weighted by Gasteiger charge is -2.30. The average Bonchev–Trinajstić information content (AvgIpc) is 2.66. The number of nitrogens with one attached hydrogen (secondary N) is 1. The van der Waals surface area contributed by atoms with Gasteiger partial charge in [-0.2, -0.15) is 0 Å². The minimum absolute atomic E-state index is 0.126. The predicted molar refractivity (Wildman–Crippen MR) is 103 cm³/mol. The molecule has 0 atom stereocenters. The Labute approximate surface area is 159 Å². The fourth-order valence-corrected chi connectivity index (χ4v) is 3.47. The van der Waals surface area contributed by atoms with Crippen LogP contribution in [0.1, 0.15) is 64.2 Å². The second-order valence-corrected chi connectivity index (χ2v) is 7.50. The second kappa shape index (κ2) is 14.0. The van der Waals surface area contributed by atoms with E-state index in [1.54, 1.807) is 0 Å². The van der Waals surface area contributed by atoms with Crippen molar-refractivity contribution in [2.45, 2.75) is 70.3 Å². The summed E-state index contributed by atoms with van der Waals surface area (Å²) in [4.78, 5) is 24.9. The van der Waals surface area contributed by atoms with Crippen LogP contribution >= 0.6 is 0 Å². The van der Waals surface area contributed by atoms with Gasteiger partial charge in [-0.3, -0.25) is 9.59 Å². The number of hydrogen-bond donors (Lipinski definition) is 1. The van der Waals surface area contributed by atoms with Crippen LogP contribution in [0.15, 0.2) is 0 Å². The van der Waals surface area contributed by atoms with Crippen LogP contribution in [-0.4, -0.2) is 63.8 Å². The number of esters is 2. The SMILES string of the molecule is COC(=O)CCCCC(CCCCC(=O)OC)NCC1CCN(C)CC1. The van der Waals surface area contributed by atoms with E-state index in [9.17, 15) is 9.59 Å². The summed E-state index contributed by atoms with van der Waals surface area (Å²) < 4.78 is 9.41. The Kier molecular flexibility index (Phi) is 12.3. The Hall–Kier alpha value is -1.14. The Bertz CT molecular complexity index is 371. The molecule has 0 aromatic heterocycles. The number of carbonyl (C=O) groups excluding carboxylic acids is 2. The number of nitrogens with zero attached hydrogens (tertiary/aromatic N) is 1. The van der Waals surface area contributed by atoms with Crippen molar-refractivity contribution >= 4 is 11.9 Å². The third-order valence-corrected chi connectivity index (χ3v) is 5.36. The van der Waals surface area contributed by atoms with Crippen molar-refractivity contribution in [2.24, 2.45) is 5.92 Å². The Morgan fingerprint density at radius 3 is 1.92 bits per heavy atom. The van der Waals surface area contributed by atoms with E-state index >= 15 is 0 Å². The molecular weight excluding hydrogens is 332 g/mol. The van der Waals surface area contributed by atoms with Crippen molar-refractivity contribution in [3.05, 3.63) is 0 Å². The van der Waals surface area contributed by atoms with Gasteiger partial charge in [0, 0.05) is 18.9 Å². The Morgan fingerprint density at radius 2 is 1.46 bits per heavy atom. The zero-order chi connectivity index (χ0) is 19.2. The predicted octanol–water partition coefficient (Wildman–Crippen LogP) is 2.75. The van der Waals surface area contributed by atoms with E-state index in [4.69, 9.17) is 9.47 Å². The van der Waals surface area contributed by atoms with E-state index in [-0.39, 0.29) is 11.9 Å². The van der Waals surface area contributed by atoms with Crippen LogP contribution in [0.3, 0.4) is 0 Å². The smallest absolute Gasteiger partial charge is 0.305 e. The van der Waals surface area contributed by atoms with E-state index < -0.39 is 0 Å². The maximum atomic E-state index is 11.2. The van der Waals surface area contributed by atoms with Gasteiger partial charge in [-0.15, -0.1) is 0 Å². The number of unbranched alkanes of at least 4 members (excludes halogenated alkanes) is 2. The van der Waals surface area contributed by atoms with E-state index in [1.807, 2.05) is 0 Å². The first kappa shape index (κ1) is 22.9. The molecule has 0 unspecified atom stereocenters. The lowest BCUT2D eigenvalue weighted by atomic mass is 9.95. The minimum atomic E-state index is -0.126. The summed E-state index contributed by atoms with van der Waals surface area (Å²) in [5.41, 5.74) is 0. The van der Waals surface area contributed by atoms with Gasteiger partial charge in [0.15, 0.2) is 0 Å². The van der Waals surface area contributed by atoms with Gasteiger partial charge in [-0.25, -0.2) is 0 Å². The molecule has 0 spiro atoms. The molecule has 1 rings (SSSR count). The Morgan fingerprint density at radius 1 is 0.962 bits per heavy atom. The largest absolute Gasteiger partial charge is 0.469 e. The van der Waals surface area contributed by atoms with Crippen LogP contribution in [0.4, 0.5) is 0 Å². The monoisotopic (exact) mass is 370 g/mol. The summed E-state index contributed by atoms with van der Waals surface area (Å²) in [6.45, 7) is 3.46. The molecule has 0 aromatic carbocycles. The van der Waals surface area contributed by atoms with Gasteiger partial charge >= 0.3 is 11.9 Å². The van der Waals surface area contributed by atoms with E-state index in [0.717, 1.165) is 51.0 Å². The van der Waals surface area contributed by atoms with Gasteiger partial charge in [-0.05, 0) is 71.1 Å². The summed E-state index contributed by atoms with van der Waals surface area (Å²) in [5.74, 6) is 0.511. The van der Waals surface area contributed by atoms with Gasteiger partial charge in [-0.1, -0.05) is 12.8 Å². The molecule has 0 aromatic rings. The molecule has 0 radical (unpaired) electrons. The quantitative estimate of drug-likeness (QED) is 0.397. The summed E-state index contributed by atoms with van der Waals surface area (Å²) in [6.07, 6.45) is 9.48. The molecule has 0 amide bonds. The highest BCUT2D eigenvalue weighted by atomic mass is 16.5. The first-order chi connectivity index (χ1) is 12.5. The Balaban J connectivity index is 2.28. The summed E-state index contributed by atoms with van der Waals surface area (Å²) in [5, 5.41) is 3.76. The molecule has 26 heavy (non-hydrogen) atoms. The molecule has 152 valence electrons. The van der Waals surface area contributed by atoms with Crippen LogP contribution in [0.25, 0.3) is 0 Å². The highest BCUT2D eigenvalue weighted by Crippen LogP contribution is 2.17. The molecule has 0 bridgehead atoms. The van der Waals surface area contributed by atoms with Crippen molar-refractivity contribution in [3.63, 3.8) is 0 Å². The lowest BCUT2D eigenvalue weighted by molar-refractivity contribution is -0.141. The van der Waals surface area contributed by atoms with Gasteiger partial charge in [0.25, 0.3) is 0 Å². The second-order valence-electron chi connectivity index (χ2n) is 7.50. The number of carbonyl (C=O) groups is 2. The molecule has 1 fully saturated rings. The third-order valence-electron chi connectivity index (χ3n) is 5.36. The summed E-state index contributed by atoms with van der Waals surface area (Å²) in [6, 6.07) is 0.463. The first-order valence-corrected chi connectivity index (χ1v) is 10.1. The van der Waals surface area contributed by atoms with E-state index in [1.165, 1.54) is 40.2 Å². The fraction of sp³-hybridized carbons (Fsp3) is 0.900. The molecule has 1 saturated heterocycles. The number of piperidine rings is 1. The molecule has 6 heteroatoms. The molecule has 0 aliphatic carbocycles. The standard InChI is InChI=1S/C20H38N2O4/c1-22-14-12-17(13-15-22)16-21-18(8-4-6-10-19(23)25-2)9-5-7-11-20(24)26-3/h17-18,21H,4-16H2,1-3H3. The highest BCUT2D eigenvalue weighted by Gasteiger charge is 2.18. The minimum Gasteiger partial charge on any atom is -0.469 e. The molecule has 1 heterocycles. The molecule has 1 aliphatic rings. The van der Waals surface area contributed by atoms with Crippen molar-refractivity contribution in [1.29, 1.82) is 0 Å². The number of hydrogen-bond acceptors (Lipinski definition) is 6. The van der Waals surface area contributed by atoms with Gasteiger partial charge in [0.2, 0.25) is 0 Å². The van der Waals surface area contributed by atoms with E-state index in [0.29, 0.717) is 18.9 Å². The van der Waals surface area contributed by atoms with Crippen molar-refractivity contribution in [1.82, 2.24) is 10.2 Å². The lowest BCUT2D eigenvalue weighted by Crippen LogP contribution is -2.38. The molecule has 1 aliphatic heterocycles. The number of ether oxygens (including phenoxy) is 2. The maximum Gasteiger partial charge on any atom is 0.305 e. The van der Waals surface area contributed by atoms with Crippen molar-refractivity contribution in [2.75, 3.05) is 40.9 Å². The van der Waals surface area contributed by atoms with Crippen LogP contribution < -0.4 is 5.32 Å². The first-order valence-electron chi connectivity index (χ1n) is 10.1. The van der Waals surface area contributed by atoms with Crippen molar-refractivity contribution in [3.8, 4) is 0 Å².